The summed E-state index contributed by atoms with van der Waals surface area (Å²) in [6, 6.07) is 7.96. The number of carbonyl (C=O) groups excluding carboxylic acids is 1. The average molecular weight is 301 g/mol. The molecule has 0 aliphatic carbocycles. The van der Waals surface area contributed by atoms with Gasteiger partial charge in [-0.3, -0.25) is 4.79 Å². The van der Waals surface area contributed by atoms with Gasteiger partial charge in [-0.2, -0.15) is 0 Å². The molecule has 3 aromatic rings. The Morgan fingerprint density at radius 1 is 1.14 bits per heavy atom. The number of carbonyl (C=O) groups is 1. The Kier molecular flexibility index (Phi) is 3.21. The van der Waals surface area contributed by atoms with E-state index in [0.29, 0.717) is 10.9 Å². The Bertz CT molecular complexity index is 868. The standard InChI is InChI=1S/C16H12FNO4/c1-18-16(21)14-10-6-11(19)12(20)7-13(10)22-15(14)8-2-4-9(17)5-3-8/h2-7,19-20H,1H3,(H,18,21). The third-order valence-electron chi connectivity index (χ3n) is 3.35. The second-order valence-corrected chi connectivity index (χ2v) is 4.73. The Labute approximate surface area is 124 Å². The predicted octanol–water partition coefficient (Wildman–Crippen LogP) is 3.01. The molecule has 112 valence electrons. The monoisotopic (exact) mass is 301 g/mol. The topological polar surface area (TPSA) is 82.7 Å². The fourth-order valence-electron chi connectivity index (χ4n) is 2.28. The van der Waals surface area contributed by atoms with Crippen molar-refractivity contribution in [1.82, 2.24) is 5.32 Å². The molecule has 22 heavy (non-hydrogen) atoms. The quantitative estimate of drug-likeness (QED) is 0.635. The van der Waals surface area contributed by atoms with Crippen LogP contribution in [0.4, 0.5) is 4.39 Å². The van der Waals surface area contributed by atoms with E-state index < -0.39 is 11.7 Å². The van der Waals surface area contributed by atoms with E-state index in [1.807, 2.05) is 0 Å². The molecule has 0 unspecified atom stereocenters. The number of hydrogen-bond acceptors (Lipinski definition) is 4. The number of aromatic hydroxyl groups is 2. The number of amides is 1. The van der Waals surface area contributed by atoms with E-state index in [2.05, 4.69) is 5.32 Å². The van der Waals surface area contributed by atoms with Crippen LogP contribution in [-0.2, 0) is 0 Å². The van der Waals surface area contributed by atoms with Gasteiger partial charge in [0.2, 0.25) is 0 Å². The van der Waals surface area contributed by atoms with Gasteiger partial charge in [0.25, 0.3) is 5.91 Å². The van der Waals surface area contributed by atoms with Gasteiger partial charge in [-0.05, 0) is 30.3 Å². The van der Waals surface area contributed by atoms with Crippen molar-refractivity contribution in [3.05, 3.63) is 47.8 Å². The molecule has 0 spiro atoms. The molecule has 0 saturated heterocycles. The summed E-state index contributed by atoms with van der Waals surface area (Å²) in [5.74, 6) is -1.29. The highest BCUT2D eigenvalue weighted by Gasteiger charge is 2.22. The summed E-state index contributed by atoms with van der Waals surface area (Å²) in [5.41, 5.74) is 0.961. The third kappa shape index (κ3) is 2.14. The zero-order valence-corrected chi connectivity index (χ0v) is 11.6. The molecule has 0 fully saturated rings. The maximum atomic E-state index is 13.1. The van der Waals surface area contributed by atoms with Gasteiger partial charge in [0, 0.05) is 24.1 Å². The molecule has 1 aromatic heterocycles. The third-order valence-corrected chi connectivity index (χ3v) is 3.35. The number of phenolic OH excluding ortho intramolecular Hbond substituents is 2. The molecule has 3 rings (SSSR count). The fourth-order valence-corrected chi connectivity index (χ4v) is 2.28. The minimum absolute atomic E-state index is 0.208. The van der Waals surface area contributed by atoms with Crippen LogP contribution >= 0.6 is 0 Å². The van der Waals surface area contributed by atoms with Gasteiger partial charge in [-0.25, -0.2) is 4.39 Å². The summed E-state index contributed by atoms with van der Waals surface area (Å²) in [6.07, 6.45) is 0. The van der Waals surface area contributed by atoms with Crippen molar-refractivity contribution in [2.24, 2.45) is 0 Å². The van der Waals surface area contributed by atoms with E-state index >= 15 is 0 Å². The predicted molar refractivity (Wildman–Crippen MR) is 78.3 cm³/mol. The van der Waals surface area contributed by atoms with Crippen LogP contribution in [0.25, 0.3) is 22.3 Å². The summed E-state index contributed by atoms with van der Waals surface area (Å²) in [7, 11) is 1.47. The molecule has 0 saturated carbocycles. The Morgan fingerprint density at radius 3 is 2.41 bits per heavy atom. The summed E-state index contributed by atoms with van der Waals surface area (Å²) in [5, 5.41) is 22.1. The number of hydrogen-bond donors (Lipinski definition) is 3. The van der Waals surface area contributed by atoms with E-state index in [4.69, 9.17) is 4.42 Å². The Balaban J connectivity index is 2.33. The molecule has 3 N–H and O–H groups in total. The Morgan fingerprint density at radius 2 is 1.77 bits per heavy atom. The smallest absolute Gasteiger partial charge is 0.255 e. The van der Waals surface area contributed by atoms with Gasteiger partial charge in [-0.1, -0.05) is 0 Å². The molecular formula is C16H12FNO4. The molecule has 0 aliphatic heterocycles. The van der Waals surface area contributed by atoms with Gasteiger partial charge < -0.3 is 19.9 Å². The van der Waals surface area contributed by atoms with E-state index in [-0.39, 0.29) is 28.4 Å². The lowest BCUT2D eigenvalue weighted by Crippen LogP contribution is -2.18. The summed E-state index contributed by atoms with van der Waals surface area (Å²) < 4.78 is 18.7. The molecule has 5 nitrogen and oxygen atoms in total. The molecule has 0 bridgehead atoms. The molecular weight excluding hydrogens is 289 g/mol. The van der Waals surface area contributed by atoms with Crippen molar-refractivity contribution in [1.29, 1.82) is 0 Å². The second-order valence-electron chi connectivity index (χ2n) is 4.73. The average Bonchev–Trinajstić information content (AvgIpc) is 2.86. The molecule has 1 amide bonds. The van der Waals surface area contributed by atoms with Crippen molar-refractivity contribution in [3.8, 4) is 22.8 Å². The van der Waals surface area contributed by atoms with Crippen molar-refractivity contribution in [3.63, 3.8) is 0 Å². The molecule has 1 heterocycles. The molecule has 6 heteroatoms. The first-order valence-electron chi connectivity index (χ1n) is 6.47. The van der Waals surface area contributed by atoms with E-state index in [1.54, 1.807) is 0 Å². The van der Waals surface area contributed by atoms with Gasteiger partial charge in [-0.15, -0.1) is 0 Å². The number of nitrogens with one attached hydrogen (secondary N) is 1. The number of benzene rings is 2. The van der Waals surface area contributed by atoms with Crippen LogP contribution < -0.4 is 5.32 Å². The lowest BCUT2D eigenvalue weighted by molar-refractivity contribution is 0.0964. The second kappa shape index (κ2) is 5.07. The Hall–Kier alpha value is -3.02. The number of rotatable bonds is 2. The normalized spacial score (nSPS) is 10.8. The molecule has 0 atom stereocenters. The first kappa shape index (κ1) is 13.9. The first-order chi connectivity index (χ1) is 10.5. The highest BCUT2D eigenvalue weighted by Crippen LogP contribution is 2.38. The van der Waals surface area contributed by atoms with Crippen LogP contribution in [0, 0.1) is 5.82 Å². The van der Waals surface area contributed by atoms with Crippen LogP contribution in [-0.4, -0.2) is 23.2 Å². The van der Waals surface area contributed by atoms with Crippen LogP contribution in [0.5, 0.6) is 11.5 Å². The molecule has 0 radical (unpaired) electrons. The number of fused-ring (bicyclic) bond motifs is 1. The number of furan rings is 1. The maximum Gasteiger partial charge on any atom is 0.255 e. The maximum absolute atomic E-state index is 13.1. The zero-order chi connectivity index (χ0) is 15.9. The van der Waals surface area contributed by atoms with Crippen molar-refractivity contribution in [2.45, 2.75) is 0 Å². The van der Waals surface area contributed by atoms with E-state index in [0.717, 1.165) is 0 Å². The van der Waals surface area contributed by atoms with E-state index in [9.17, 15) is 19.4 Å². The zero-order valence-electron chi connectivity index (χ0n) is 11.6. The SMILES string of the molecule is CNC(=O)c1c(-c2ccc(F)cc2)oc2cc(O)c(O)cc12. The van der Waals surface area contributed by atoms with Crippen molar-refractivity contribution < 1.29 is 23.8 Å². The summed E-state index contributed by atoms with van der Waals surface area (Å²) in [4.78, 5) is 12.2. The van der Waals surface area contributed by atoms with Crippen LogP contribution in [0.3, 0.4) is 0 Å². The van der Waals surface area contributed by atoms with Crippen LogP contribution in [0.15, 0.2) is 40.8 Å². The van der Waals surface area contributed by atoms with Crippen LogP contribution in [0.1, 0.15) is 10.4 Å². The lowest BCUT2D eigenvalue weighted by Gasteiger charge is -2.02. The van der Waals surface area contributed by atoms with E-state index in [1.165, 1.54) is 43.4 Å². The fraction of sp³-hybridized carbons (Fsp3) is 0.0625. The van der Waals surface area contributed by atoms with Crippen LogP contribution in [0.2, 0.25) is 0 Å². The summed E-state index contributed by atoms with van der Waals surface area (Å²) in [6.45, 7) is 0. The number of halogens is 1. The highest BCUT2D eigenvalue weighted by atomic mass is 19.1. The minimum Gasteiger partial charge on any atom is -0.504 e. The van der Waals surface area contributed by atoms with Crippen molar-refractivity contribution in [2.75, 3.05) is 7.05 Å². The molecule has 2 aromatic carbocycles. The minimum atomic E-state index is -0.414. The van der Waals surface area contributed by atoms with Gasteiger partial charge in [0.1, 0.15) is 17.2 Å². The number of phenols is 2. The largest absolute Gasteiger partial charge is 0.504 e. The first-order valence-corrected chi connectivity index (χ1v) is 6.47. The lowest BCUT2D eigenvalue weighted by atomic mass is 10.0. The van der Waals surface area contributed by atoms with Gasteiger partial charge >= 0.3 is 0 Å². The molecule has 0 aliphatic rings. The van der Waals surface area contributed by atoms with Crippen molar-refractivity contribution >= 4 is 16.9 Å². The van der Waals surface area contributed by atoms with Gasteiger partial charge in [0.15, 0.2) is 11.5 Å². The highest BCUT2D eigenvalue weighted by molar-refractivity contribution is 6.11. The van der Waals surface area contributed by atoms with Gasteiger partial charge in [0.05, 0.1) is 5.56 Å². The summed E-state index contributed by atoms with van der Waals surface area (Å²) >= 11 is 0.